The Morgan fingerprint density at radius 3 is 2.50 bits per heavy atom. The van der Waals surface area contributed by atoms with Crippen molar-refractivity contribution in [3.8, 4) is 11.3 Å². The number of pyridine rings is 1. The Balaban J connectivity index is 1.53. The van der Waals surface area contributed by atoms with Crippen LogP contribution in [-0.4, -0.2) is 26.8 Å². The highest BCUT2D eigenvalue weighted by Gasteiger charge is 2.07. The van der Waals surface area contributed by atoms with E-state index in [1.54, 1.807) is 12.4 Å². The molecule has 0 unspecified atom stereocenters. The molecule has 0 saturated carbocycles. The molecule has 5 nitrogen and oxygen atoms in total. The molecule has 1 N–H and O–H groups in total. The van der Waals surface area contributed by atoms with Crippen LogP contribution in [0.2, 0.25) is 0 Å². The van der Waals surface area contributed by atoms with Crippen molar-refractivity contribution >= 4 is 23.4 Å². The Labute approximate surface area is 157 Å². The van der Waals surface area contributed by atoms with Crippen molar-refractivity contribution in [2.24, 2.45) is 0 Å². The van der Waals surface area contributed by atoms with E-state index in [0.717, 1.165) is 16.9 Å². The molecule has 0 atom stereocenters. The number of aromatic nitrogens is 3. The zero-order valence-corrected chi connectivity index (χ0v) is 15.5. The van der Waals surface area contributed by atoms with Crippen molar-refractivity contribution in [1.29, 1.82) is 0 Å². The maximum absolute atomic E-state index is 12.1. The third-order valence-corrected chi connectivity index (χ3v) is 4.73. The van der Waals surface area contributed by atoms with Gasteiger partial charge in [0.1, 0.15) is 5.03 Å². The number of rotatable bonds is 6. The first-order chi connectivity index (χ1) is 12.6. The van der Waals surface area contributed by atoms with Gasteiger partial charge >= 0.3 is 0 Å². The number of benzene rings is 1. The Kier molecular flexibility index (Phi) is 5.96. The van der Waals surface area contributed by atoms with Crippen molar-refractivity contribution in [2.45, 2.75) is 24.8 Å². The van der Waals surface area contributed by atoms with E-state index in [1.807, 2.05) is 48.5 Å². The molecule has 0 aliphatic heterocycles. The summed E-state index contributed by atoms with van der Waals surface area (Å²) in [6.45, 7) is 4.29. The number of carbonyl (C=O) groups excluding carboxylic acids is 1. The number of thioether (sulfide) groups is 1. The number of hydrogen-bond acceptors (Lipinski definition) is 5. The maximum Gasteiger partial charge on any atom is 0.234 e. The van der Waals surface area contributed by atoms with Crippen LogP contribution in [0, 0.1) is 0 Å². The van der Waals surface area contributed by atoms with E-state index in [2.05, 4.69) is 34.3 Å². The monoisotopic (exact) mass is 364 g/mol. The lowest BCUT2D eigenvalue weighted by Crippen LogP contribution is -2.14. The standard InChI is InChI=1S/C20H20N4OS/c1-14(2)15-5-7-17(8-6-15)22-19(25)13-26-20-10-9-18(23-24-20)16-4-3-11-21-12-16/h3-12,14H,13H2,1-2H3,(H,22,25). The number of amides is 1. The second-order valence-corrected chi connectivity index (χ2v) is 7.11. The van der Waals surface area contributed by atoms with Gasteiger partial charge in [-0.1, -0.05) is 37.7 Å². The minimum absolute atomic E-state index is 0.0644. The first kappa shape index (κ1) is 18.1. The highest BCUT2D eigenvalue weighted by Crippen LogP contribution is 2.20. The summed E-state index contributed by atoms with van der Waals surface area (Å²) in [5, 5.41) is 12.0. The Morgan fingerprint density at radius 1 is 1.08 bits per heavy atom. The van der Waals surface area contributed by atoms with Gasteiger partial charge in [0, 0.05) is 23.6 Å². The molecule has 0 fully saturated rings. The molecule has 2 heterocycles. The number of nitrogens with zero attached hydrogens (tertiary/aromatic N) is 3. The van der Waals surface area contributed by atoms with E-state index >= 15 is 0 Å². The minimum atomic E-state index is -0.0644. The summed E-state index contributed by atoms with van der Waals surface area (Å²) < 4.78 is 0. The van der Waals surface area contributed by atoms with Gasteiger partial charge in [0.2, 0.25) is 5.91 Å². The summed E-state index contributed by atoms with van der Waals surface area (Å²) in [7, 11) is 0. The minimum Gasteiger partial charge on any atom is -0.325 e. The van der Waals surface area contributed by atoms with Gasteiger partial charge in [0.05, 0.1) is 11.4 Å². The number of anilines is 1. The first-order valence-electron chi connectivity index (χ1n) is 8.38. The van der Waals surface area contributed by atoms with Crippen LogP contribution in [0.3, 0.4) is 0 Å². The second-order valence-electron chi connectivity index (χ2n) is 6.11. The van der Waals surface area contributed by atoms with Crippen LogP contribution >= 0.6 is 11.8 Å². The lowest BCUT2D eigenvalue weighted by atomic mass is 10.0. The summed E-state index contributed by atoms with van der Waals surface area (Å²) in [6.07, 6.45) is 3.46. The van der Waals surface area contributed by atoms with E-state index in [0.29, 0.717) is 10.9 Å². The van der Waals surface area contributed by atoms with E-state index < -0.39 is 0 Å². The van der Waals surface area contributed by atoms with Gasteiger partial charge in [0.25, 0.3) is 0 Å². The van der Waals surface area contributed by atoms with Crippen LogP contribution < -0.4 is 5.32 Å². The summed E-state index contributed by atoms with van der Waals surface area (Å²) in [6, 6.07) is 15.5. The predicted octanol–water partition coefficient (Wildman–Crippen LogP) is 4.39. The summed E-state index contributed by atoms with van der Waals surface area (Å²) in [5.74, 6) is 0.696. The zero-order valence-electron chi connectivity index (χ0n) is 14.7. The Bertz CT molecular complexity index is 849. The number of carbonyl (C=O) groups is 1. The molecule has 0 aliphatic carbocycles. The lowest BCUT2D eigenvalue weighted by molar-refractivity contribution is -0.113. The summed E-state index contributed by atoms with van der Waals surface area (Å²) in [5.41, 5.74) is 3.73. The normalized spacial score (nSPS) is 10.7. The second kappa shape index (κ2) is 8.58. The molecule has 0 bridgehead atoms. The molecule has 1 amide bonds. The van der Waals surface area contributed by atoms with E-state index in [1.165, 1.54) is 17.3 Å². The Hall–Kier alpha value is -2.73. The largest absolute Gasteiger partial charge is 0.325 e. The molecule has 3 aromatic rings. The SMILES string of the molecule is CC(C)c1ccc(NC(=O)CSc2ccc(-c3cccnc3)nn2)cc1. The topological polar surface area (TPSA) is 67.8 Å². The van der Waals surface area contributed by atoms with Gasteiger partial charge in [-0.15, -0.1) is 10.2 Å². The molecule has 0 saturated heterocycles. The fraction of sp³-hybridized carbons (Fsp3) is 0.200. The van der Waals surface area contributed by atoms with Crippen molar-refractivity contribution in [3.05, 3.63) is 66.5 Å². The smallest absolute Gasteiger partial charge is 0.234 e. The zero-order chi connectivity index (χ0) is 18.4. The molecule has 1 aromatic carbocycles. The highest BCUT2D eigenvalue weighted by atomic mass is 32.2. The molecule has 0 aliphatic rings. The molecule has 0 radical (unpaired) electrons. The predicted molar refractivity (Wildman–Crippen MR) is 105 cm³/mol. The van der Waals surface area contributed by atoms with Crippen LogP contribution in [0.5, 0.6) is 0 Å². The van der Waals surface area contributed by atoms with Crippen molar-refractivity contribution in [1.82, 2.24) is 15.2 Å². The first-order valence-corrected chi connectivity index (χ1v) is 9.37. The molecule has 6 heteroatoms. The van der Waals surface area contributed by atoms with Crippen LogP contribution in [0.25, 0.3) is 11.3 Å². The van der Waals surface area contributed by atoms with Gasteiger partial charge in [0.15, 0.2) is 0 Å². The van der Waals surface area contributed by atoms with E-state index in [4.69, 9.17) is 0 Å². The number of hydrogen-bond donors (Lipinski definition) is 1. The molecule has 26 heavy (non-hydrogen) atoms. The number of nitrogens with one attached hydrogen (secondary N) is 1. The third-order valence-electron chi connectivity index (χ3n) is 3.81. The Morgan fingerprint density at radius 2 is 1.88 bits per heavy atom. The van der Waals surface area contributed by atoms with Gasteiger partial charge in [-0.05, 0) is 47.9 Å². The summed E-state index contributed by atoms with van der Waals surface area (Å²) in [4.78, 5) is 16.2. The van der Waals surface area contributed by atoms with E-state index in [9.17, 15) is 4.79 Å². The van der Waals surface area contributed by atoms with Crippen molar-refractivity contribution in [3.63, 3.8) is 0 Å². The van der Waals surface area contributed by atoms with Gasteiger partial charge in [-0.25, -0.2) is 0 Å². The summed E-state index contributed by atoms with van der Waals surface area (Å²) >= 11 is 1.36. The molecule has 132 valence electrons. The maximum atomic E-state index is 12.1. The van der Waals surface area contributed by atoms with Crippen LogP contribution in [-0.2, 0) is 4.79 Å². The molecular weight excluding hydrogens is 344 g/mol. The van der Waals surface area contributed by atoms with Gasteiger partial charge in [-0.2, -0.15) is 0 Å². The molecular formula is C20H20N4OS. The highest BCUT2D eigenvalue weighted by molar-refractivity contribution is 7.99. The van der Waals surface area contributed by atoms with Crippen LogP contribution in [0.1, 0.15) is 25.3 Å². The molecule has 2 aromatic heterocycles. The fourth-order valence-electron chi connectivity index (χ4n) is 2.35. The van der Waals surface area contributed by atoms with Crippen molar-refractivity contribution < 1.29 is 4.79 Å². The van der Waals surface area contributed by atoms with Gasteiger partial charge in [-0.3, -0.25) is 9.78 Å². The van der Waals surface area contributed by atoms with Gasteiger partial charge < -0.3 is 5.32 Å². The quantitative estimate of drug-likeness (QED) is 0.657. The van der Waals surface area contributed by atoms with E-state index in [-0.39, 0.29) is 11.7 Å². The van der Waals surface area contributed by atoms with Crippen LogP contribution in [0.15, 0.2) is 66.0 Å². The van der Waals surface area contributed by atoms with Crippen molar-refractivity contribution in [2.75, 3.05) is 11.1 Å². The lowest BCUT2D eigenvalue weighted by Gasteiger charge is -2.08. The average molecular weight is 364 g/mol. The average Bonchev–Trinajstić information content (AvgIpc) is 2.68. The van der Waals surface area contributed by atoms with Crippen LogP contribution in [0.4, 0.5) is 5.69 Å². The third kappa shape index (κ3) is 4.89. The fourth-order valence-corrected chi connectivity index (χ4v) is 2.97. The molecule has 0 spiro atoms. The molecule has 3 rings (SSSR count).